The van der Waals surface area contributed by atoms with Crippen molar-refractivity contribution in [2.75, 3.05) is 18.0 Å². The zero-order chi connectivity index (χ0) is 24.7. The zero-order valence-electron chi connectivity index (χ0n) is 16.6. The van der Waals surface area contributed by atoms with Crippen LogP contribution in [0.3, 0.4) is 0 Å². The molecule has 1 N–H and O–H groups in total. The van der Waals surface area contributed by atoms with Gasteiger partial charge in [-0.05, 0) is 30.2 Å². The number of anilines is 1. The lowest BCUT2D eigenvalue weighted by Gasteiger charge is -2.33. The largest absolute Gasteiger partial charge is 0.417 e. The van der Waals surface area contributed by atoms with Crippen LogP contribution in [-0.2, 0) is 23.6 Å². The topological polar surface area (TPSA) is 45.2 Å². The molecular weight excluding hydrogens is 469 g/mol. The van der Waals surface area contributed by atoms with Crippen LogP contribution in [0.5, 0.6) is 0 Å². The second kappa shape index (κ2) is 8.41. The summed E-state index contributed by atoms with van der Waals surface area (Å²) >= 11 is 0. The maximum atomic E-state index is 13.9. The van der Waals surface area contributed by atoms with Gasteiger partial charge in [-0.3, -0.25) is 9.78 Å². The monoisotopic (exact) mass is 485 g/mol. The first kappa shape index (κ1) is 24.6. The Labute approximate surface area is 181 Å². The second-order valence-corrected chi connectivity index (χ2v) is 7.60. The number of nitrogens with one attached hydrogen (secondary N) is 1. The van der Waals surface area contributed by atoms with Crippen molar-refractivity contribution >= 4 is 11.6 Å². The average molecular weight is 485 g/mol. The summed E-state index contributed by atoms with van der Waals surface area (Å²) in [6.07, 6.45) is -14.0. The molecule has 1 aromatic heterocycles. The molecule has 1 amide bonds. The lowest BCUT2D eigenvalue weighted by molar-refractivity contribution is -0.192. The molecular formula is C20H16F9N3O. The van der Waals surface area contributed by atoms with E-state index in [1.54, 1.807) is 0 Å². The van der Waals surface area contributed by atoms with Gasteiger partial charge in [-0.25, -0.2) is 0 Å². The van der Waals surface area contributed by atoms with Gasteiger partial charge in [-0.1, -0.05) is 12.1 Å². The van der Waals surface area contributed by atoms with Crippen molar-refractivity contribution in [3.8, 4) is 0 Å². The molecule has 1 aromatic carbocycles. The van der Waals surface area contributed by atoms with E-state index in [4.69, 9.17) is 0 Å². The van der Waals surface area contributed by atoms with Gasteiger partial charge in [0.15, 0.2) is 5.54 Å². The zero-order valence-corrected chi connectivity index (χ0v) is 16.6. The molecule has 0 radical (unpaired) electrons. The number of amides is 1. The summed E-state index contributed by atoms with van der Waals surface area (Å²) < 4.78 is 118. The molecule has 2 heterocycles. The molecule has 0 unspecified atom stereocenters. The number of carbonyl (C=O) groups excluding carboxylic acids is 1. The van der Waals surface area contributed by atoms with Gasteiger partial charge in [0.1, 0.15) is 0 Å². The fourth-order valence-electron chi connectivity index (χ4n) is 3.50. The minimum Gasteiger partial charge on any atom is -0.367 e. The number of benzene rings is 1. The highest BCUT2D eigenvalue weighted by molar-refractivity contribution is 5.79. The number of rotatable bonds is 4. The maximum absolute atomic E-state index is 13.9. The first-order chi connectivity index (χ1) is 15.1. The van der Waals surface area contributed by atoms with Crippen molar-refractivity contribution in [3.05, 3.63) is 59.4 Å². The number of aromatic nitrogens is 1. The van der Waals surface area contributed by atoms with E-state index in [0.29, 0.717) is 24.4 Å². The predicted octanol–water partition coefficient (Wildman–Crippen LogP) is 4.99. The molecule has 0 bridgehead atoms. The van der Waals surface area contributed by atoms with E-state index in [1.165, 1.54) is 0 Å². The molecule has 33 heavy (non-hydrogen) atoms. The number of pyridine rings is 1. The molecule has 1 fully saturated rings. The van der Waals surface area contributed by atoms with Crippen LogP contribution in [0.25, 0.3) is 0 Å². The average Bonchev–Trinajstić information content (AvgIpc) is 3.12. The maximum Gasteiger partial charge on any atom is 0.417 e. The van der Waals surface area contributed by atoms with Crippen LogP contribution in [0, 0.1) is 0 Å². The molecule has 1 atom stereocenters. The lowest BCUT2D eigenvalue weighted by Crippen LogP contribution is -2.60. The minimum atomic E-state index is -4.94. The van der Waals surface area contributed by atoms with E-state index in [9.17, 15) is 44.3 Å². The molecule has 1 saturated heterocycles. The normalized spacial score (nSPS) is 19.6. The Balaban J connectivity index is 1.76. The first-order valence-electron chi connectivity index (χ1n) is 9.42. The Kier molecular flexibility index (Phi) is 6.28. The number of alkyl halides is 9. The molecule has 0 aliphatic carbocycles. The highest BCUT2D eigenvalue weighted by Gasteiger charge is 2.59. The standard InChI is InChI=1S/C20H16F9N3O/c21-18(22,23)13-3-1-12(2-4-13)7-16(33)31-17(20(27,28)29)5-6-32(11-17)15-8-14(9-30-10-15)19(24,25)26/h1-4,8-10H,5-7,11H2,(H,31,33)/t17-/m1/s1. The van der Waals surface area contributed by atoms with Gasteiger partial charge < -0.3 is 10.2 Å². The molecule has 180 valence electrons. The fraction of sp³-hybridized carbons (Fsp3) is 0.400. The third-order valence-corrected chi connectivity index (χ3v) is 5.25. The second-order valence-electron chi connectivity index (χ2n) is 7.60. The van der Waals surface area contributed by atoms with Gasteiger partial charge in [-0.15, -0.1) is 0 Å². The van der Waals surface area contributed by atoms with Crippen LogP contribution in [0.2, 0.25) is 0 Å². The SMILES string of the molecule is O=C(Cc1ccc(C(F)(F)F)cc1)N[C@]1(C(F)(F)F)CCN(c2cncc(C(F)(F)F)c2)C1. The van der Waals surface area contributed by atoms with Gasteiger partial charge in [0, 0.05) is 12.7 Å². The third kappa shape index (κ3) is 5.50. The molecule has 2 aromatic rings. The van der Waals surface area contributed by atoms with Gasteiger partial charge in [-0.2, -0.15) is 39.5 Å². The Hall–Kier alpha value is -2.99. The van der Waals surface area contributed by atoms with Crippen molar-refractivity contribution < 1.29 is 44.3 Å². The lowest BCUT2D eigenvalue weighted by atomic mass is 9.97. The van der Waals surface area contributed by atoms with Crippen LogP contribution in [0.4, 0.5) is 45.2 Å². The van der Waals surface area contributed by atoms with E-state index in [1.807, 2.05) is 5.32 Å². The highest BCUT2D eigenvalue weighted by Crippen LogP contribution is 2.40. The van der Waals surface area contributed by atoms with Crippen LogP contribution in [0.1, 0.15) is 23.1 Å². The molecule has 3 rings (SSSR count). The summed E-state index contributed by atoms with van der Waals surface area (Å²) in [7, 11) is 0. The minimum absolute atomic E-state index is 0.0646. The smallest absolute Gasteiger partial charge is 0.367 e. The van der Waals surface area contributed by atoms with E-state index >= 15 is 0 Å². The number of halogens is 9. The molecule has 13 heteroatoms. The van der Waals surface area contributed by atoms with Crippen LogP contribution < -0.4 is 10.2 Å². The summed E-state index contributed by atoms with van der Waals surface area (Å²) in [5, 5.41) is 1.90. The van der Waals surface area contributed by atoms with Crippen LogP contribution in [-0.4, -0.2) is 35.7 Å². The quantitative estimate of drug-likeness (QED) is 0.621. The Morgan fingerprint density at radius 2 is 1.55 bits per heavy atom. The molecule has 4 nitrogen and oxygen atoms in total. The van der Waals surface area contributed by atoms with Gasteiger partial charge in [0.25, 0.3) is 0 Å². The molecule has 1 aliphatic rings. The number of hydrogen-bond donors (Lipinski definition) is 1. The number of hydrogen-bond acceptors (Lipinski definition) is 3. The number of carbonyl (C=O) groups is 1. The predicted molar refractivity (Wildman–Crippen MR) is 98.1 cm³/mol. The van der Waals surface area contributed by atoms with Crippen molar-refractivity contribution in [1.82, 2.24) is 10.3 Å². The van der Waals surface area contributed by atoms with Crippen molar-refractivity contribution in [2.45, 2.75) is 36.9 Å². The first-order valence-corrected chi connectivity index (χ1v) is 9.42. The van der Waals surface area contributed by atoms with Gasteiger partial charge >= 0.3 is 18.5 Å². The van der Waals surface area contributed by atoms with Crippen LogP contribution >= 0.6 is 0 Å². The molecule has 1 aliphatic heterocycles. The Morgan fingerprint density at radius 1 is 0.939 bits per heavy atom. The summed E-state index contributed by atoms with van der Waals surface area (Å²) in [5.41, 5.74) is -4.97. The van der Waals surface area contributed by atoms with E-state index in [2.05, 4.69) is 4.98 Å². The Morgan fingerprint density at radius 3 is 2.09 bits per heavy atom. The summed E-state index contributed by atoms with van der Waals surface area (Å²) in [6, 6.07) is 4.06. The van der Waals surface area contributed by atoms with Crippen molar-refractivity contribution in [1.29, 1.82) is 0 Å². The third-order valence-electron chi connectivity index (χ3n) is 5.25. The highest BCUT2D eigenvalue weighted by atomic mass is 19.4. The Bertz CT molecular complexity index is 1000. The van der Waals surface area contributed by atoms with E-state index in [-0.39, 0.29) is 17.8 Å². The fourth-order valence-corrected chi connectivity index (χ4v) is 3.50. The summed E-state index contributed by atoms with van der Waals surface area (Å²) in [5.74, 6) is -1.09. The molecule has 0 spiro atoms. The summed E-state index contributed by atoms with van der Waals surface area (Å²) in [4.78, 5) is 16.8. The van der Waals surface area contributed by atoms with Crippen LogP contribution in [0.15, 0.2) is 42.7 Å². The van der Waals surface area contributed by atoms with Crippen molar-refractivity contribution in [3.63, 3.8) is 0 Å². The summed E-state index contributed by atoms with van der Waals surface area (Å²) in [6.45, 7) is -1.15. The van der Waals surface area contributed by atoms with Crippen molar-refractivity contribution in [2.24, 2.45) is 0 Å². The number of nitrogens with zero attached hydrogens (tertiary/aromatic N) is 2. The van der Waals surface area contributed by atoms with Gasteiger partial charge in [0.05, 0.1) is 36.0 Å². The van der Waals surface area contributed by atoms with Gasteiger partial charge in [0.2, 0.25) is 5.91 Å². The van der Waals surface area contributed by atoms with E-state index < -0.39 is 60.5 Å². The molecule has 0 saturated carbocycles. The van der Waals surface area contributed by atoms with E-state index in [0.717, 1.165) is 23.2 Å².